The monoisotopic (exact) mass is 373 g/mol. The third-order valence-corrected chi connectivity index (χ3v) is 4.64. The Balaban J connectivity index is 1.72. The molecular formula is C18H20BrN3O. The van der Waals surface area contributed by atoms with Gasteiger partial charge >= 0.3 is 0 Å². The number of amides is 1. The maximum atomic E-state index is 12.3. The molecule has 4 nitrogen and oxygen atoms in total. The highest BCUT2D eigenvalue weighted by Crippen LogP contribution is 2.24. The van der Waals surface area contributed by atoms with Crippen molar-refractivity contribution in [2.45, 2.75) is 38.6 Å². The summed E-state index contributed by atoms with van der Waals surface area (Å²) < 4.78 is 1.05. The molecule has 1 aromatic heterocycles. The van der Waals surface area contributed by atoms with E-state index in [1.54, 1.807) is 12.3 Å². The highest BCUT2D eigenvalue weighted by atomic mass is 79.9. The van der Waals surface area contributed by atoms with Crippen molar-refractivity contribution in [2.75, 3.05) is 5.32 Å². The number of anilines is 2. The molecule has 1 aliphatic rings. The van der Waals surface area contributed by atoms with Crippen LogP contribution in [0.3, 0.4) is 0 Å². The predicted molar refractivity (Wildman–Crippen MR) is 96.1 cm³/mol. The summed E-state index contributed by atoms with van der Waals surface area (Å²) in [6, 6.07) is 10.0. The molecule has 2 aromatic rings. The van der Waals surface area contributed by atoms with Gasteiger partial charge in [-0.3, -0.25) is 9.78 Å². The number of pyridine rings is 1. The molecule has 0 atom stereocenters. The molecule has 5 heteroatoms. The number of carbonyl (C=O) groups is 1. The zero-order valence-electron chi connectivity index (χ0n) is 13.1. The third kappa shape index (κ3) is 4.10. The van der Waals surface area contributed by atoms with Gasteiger partial charge in [0.15, 0.2) is 0 Å². The van der Waals surface area contributed by atoms with E-state index in [2.05, 4.69) is 37.6 Å². The minimum absolute atomic E-state index is 0.0897. The maximum absolute atomic E-state index is 12.3. The molecule has 0 aliphatic heterocycles. The van der Waals surface area contributed by atoms with Crippen LogP contribution in [0.1, 0.15) is 41.7 Å². The predicted octanol–water partition coefficient (Wildman–Crippen LogP) is 4.57. The summed E-state index contributed by atoms with van der Waals surface area (Å²) in [7, 11) is 0. The molecule has 1 heterocycles. The number of aromatic nitrogens is 1. The van der Waals surface area contributed by atoms with Gasteiger partial charge in [0.2, 0.25) is 0 Å². The number of nitrogens with one attached hydrogen (secondary N) is 2. The Morgan fingerprint density at radius 2 is 2.00 bits per heavy atom. The van der Waals surface area contributed by atoms with Crippen LogP contribution in [0, 0.1) is 6.92 Å². The van der Waals surface area contributed by atoms with E-state index in [4.69, 9.17) is 0 Å². The number of hydrogen-bond donors (Lipinski definition) is 2. The van der Waals surface area contributed by atoms with Crippen LogP contribution < -0.4 is 10.6 Å². The summed E-state index contributed by atoms with van der Waals surface area (Å²) in [4.78, 5) is 16.5. The Bertz CT molecular complexity index is 711. The van der Waals surface area contributed by atoms with Gasteiger partial charge in [0, 0.05) is 28.1 Å². The van der Waals surface area contributed by atoms with Crippen LogP contribution in [0.5, 0.6) is 0 Å². The Morgan fingerprint density at radius 3 is 2.74 bits per heavy atom. The fraction of sp³-hybridized carbons (Fsp3) is 0.333. The topological polar surface area (TPSA) is 54.0 Å². The summed E-state index contributed by atoms with van der Waals surface area (Å²) in [5.74, 6) is -0.0897. The smallest absolute Gasteiger partial charge is 0.270 e. The Kier molecular flexibility index (Phi) is 4.96. The molecule has 2 N–H and O–H groups in total. The number of rotatable bonds is 4. The molecule has 1 saturated carbocycles. The first-order valence-corrected chi connectivity index (χ1v) is 8.71. The van der Waals surface area contributed by atoms with Crippen LogP contribution in [0.2, 0.25) is 0 Å². The molecule has 0 bridgehead atoms. The van der Waals surface area contributed by atoms with Gasteiger partial charge in [0.1, 0.15) is 5.69 Å². The standard InChI is InChI=1S/C18H20BrN3O/c1-12-10-13(19)6-7-16(12)21-15-8-9-20-17(11-15)18(23)22-14-4-2-3-5-14/h6-11,14H,2-5H2,1H3,(H,20,21)(H,22,23). The number of halogens is 1. The molecule has 1 aromatic carbocycles. The Morgan fingerprint density at radius 1 is 1.22 bits per heavy atom. The summed E-state index contributed by atoms with van der Waals surface area (Å²) in [5, 5.41) is 6.42. The van der Waals surface area contributed by atoms with E-state index >= 15 is 0 Å². The van der Waals surface area contributed by atoms with Gasteiger partial charge in [0.05, 0.1) is 0 Å². The second-order valence-corrected chi connectivity index (χ2v) is 6.88. The van der Waals surface area contributed by atoms with Crippen molar-refractivity contribution >= 4 is 33.2 Å². The van der Waals surface area contributed by atoms with Gasteiger partial charge in [-0.15, -0.1) is 0 Å². The van der Waals surface area contributed by atoms with Crippen LogP contribution in [0.25, 0.3) is 0 Å². The molecule has 0 saturated heterocycles. The number of aryl methyl sites for hydroxylation is 1. The summed E-state index contributed by atoms with van der Waals surface area (Å²) >= 11 is 3.46. The first-order valence-electron chi connectivity index (χ1n) is 7.92. The molecule has 1 fully saturated rings. The molecule has 1 amide bonds. The molecule has 0 unspecified atom stereocenters. The van der Waals surface area contributed by atoms with Crippen LogP contribution >= 0.6 is 15.9 Å². The van der Waals surface area contributed by atoms with Crippen molar-refractivity contribution in [2.24, 2.45) is 0 Å². The fourth-order valence-corrected chi connectivity index (χ4v) is 3.36. The van der Waals surface area contributed by atoms with Crippen molar-refractivity contribution in [1.29, 1.82) is 0 Å². The Labute approximate surface area is 144 Å². The van der Waals surface area contributed by atoms with E-state index in [0.717, 1.165) is 34.3 Å². The van der Waals surface area contributed by atoms with E-state index in [1.165, 1.54) is 12.8 Å². The fourth-order valence-electron chi connectivity index (χ4n) is 2.88. The first kappa shape index (κ1) is 16.0. The number of nitrogens with zero attached hydrogens (tertiary/aromatic N) is 1. The molecule has 0 spiro atoms. The molecule has 0 radical (unpaired) electrons. The average molecular weight is 374 g/mol. The van der Waals surface area contributed by atoms with Crippen molar-refractivity contribution in [1.82, 2.24) is 10.3 Å². The second kappa shape index (κ2) is 7.13. The summed E-state index contributed by atoms with van der Waals surface area (Å²) in [6.07, 6.45) is 6.20. The molecule has 1 aliphatic carbocycles. The lowest BCUT2D eigenvalue weighted by molar-refractivity contribution is 0.0933. The summed E-state index contributed by atoms with van der Waals surface area (Å²) in [5.41, 5.74) is 3.47. The number of hydrogen-bond acceptors (Lipinski definition) is 3. The van der Waals surface area contributed by atoms with Crippen LogP contribution in [0.15, 0.2) is 41.0 Å². The lowest BCUT2D eigenvalue weighted by atomic mass is 10.2. The SMILES string of the molecule is Cc1cc(Br)ccc1Nc1ccnc(C(=O)NC2CCCC2)c1. The van der Waals surface area contributed by atoms with Gasteiger partial charge in [-0.2, -0.15) is 0 Å². The Hall–Kier alpha value is -1.88. The van der Waals surface area contributed by atoms with Crippen molar-refractivity contribution in [3.8, 4) is 0 Å². The minimum Gasteiger partial charge on any atom is -0.355 e. The second-order valence-electron chi connectivity index (χ2n) is 5.97. The average Bonchev–Trinajstić information content (AvgIpc) is 3.03. The van der Waals surface area contributed by atoms with Gasteiger partial charge in [-0.1, -0.05) is 28.8 Å². The first-order chi connectivity index (χ1) is 11.1. The van der Waals surface area contributed by atoms with Crippen molar-refractivity contribution in [3.05, 3.63) is 52.3 Å². The van der Waals surface area contributed by atoms with Gasteiger partial charge in [0.25, 0.3) is 5.91 Å². The van der Waals surface area contributed by atoms with E-state index in [1.807, 2.05) is 25.1 Å². The molecule has 3 rings (SSSR count). The van der Waals surface area contributed by atoms with Crippen molar-refractivity contribution in [3.63, 3.8) is 0 Å². The molecule has 120 valence electrons. The molecule has 23 heavy (non-hydrogen) atoms. The van der Waals surface area contributed by atoms with E-state index in [-0.39, 0.29) is 5.91 Å². The van der Waals surface area contributed by atoms with Gasteiger partial charge < -0.3 is 10.6 Å². The quantitative estimate of drug-likeness (QED) is 0.825. The van der Waals surface area contributed by atoms with Gasteiger partial charge in [-0.05, 0) is 55.7 Å². The van der Waals surface area contributed by atoms with E-state index in [0.29, 0.717) is 11.7 Å². The third-order valence-electron chi connectivity index (χ3n) is 4.15. The molecular weight excluding hydrogens is 354 g/mol. The van der Waals surface area contributed by atoms with E-state index < -0.39 is 0 Å². The summed E-state index contributed by atoms with van der Waals surface area (Å²) in [6.45, 7) is 2.04. The van der Waals surface area contributed by atoms with E-state index in [9.17, 15) is 4.79 Å². The lowest BCUT2D eigenvalue weighted by Crippen LogP contribution is -2.33. The van der Waals surface area contributed by atoms with Gasteiger partial charge in [-0.25, -0.2) is 0 Å². The van der Waals surface area contributed by atoms with Crippen molar-refractivity contribution < 1.29 is 4.79 Å². The zero-order chi connectivity index (χ0) is 16.2. The largest absolute Gasteiger partial charge is 0.355 e. The normalized spacial score (nSPS) is 14.7. The number of carbonyl (C=O) groups excluding carboxylic acids is 1. The highest BCUT2D eigenvalue weighted by Gasteiger charge is 2.18. The lowest BCUT2D eigenvalue weighted by Gasteiger charge is -2.13. The van der Waals surface area contributed by atoms with Crippen LogP contribution in [-0.2, 0) is 0 Å². The highest BCUT2D eigenvalue weighted by molar-refractivity contribution is 9.10. The number of benzene rings is 1. The maximum Gasteiger partial charge on any atom is 0.270 e. The zero-order valence-corrected chi connectivity index (χ0v) is 14.7. The van der Waals surface area contributed by atoms with Crippen LogP contribution in [0.4, 0.5) is 11.4 Å². The van der Waals surface area contributed by atoms with Crippen LogP contribution in [-0.4, -0.2) is 16.9 Å². The minimum atomic E-state index is -0.0897.